The minimum Gasteiger partial charge on any atom is -0.309 e. The summed E-state index contributed by atoms with van der Waals surface area (Å²) in [6, 6.07) is 44.6. The molecule has 2 aliphatic carbocycles. The maximum Gasteiger partial charge on any atom is 0.0582 e. The van der Waals surface area contributed by atoms with E-state index in [1.807, 2.05) is 6.20 Å². The Morgan fingerprint density at radius 2 is 1.37 bits per heavy atom. The summed E-state index contributed by atoms with van der Waals surface area (Å²) in [6.45, 7) is 4.65. The zero-order valence-corrected chi connectivity index (χ0v) is 24.3. The fraction of sp³-hybridized carbons (Fsp3) is 0.0976. The summed E-state index contributed by atoms with van der Waals surface area (Å²) in [6.07, 6.45) is 5.29. The van der Waals surface area contributed by atoms with Crippen LogP contribution in [0.15, 0.2) is 134 Å². The highest BCUT2D eigenvalue weighted by molar-refractivity contribution is 6.10. The standard InChI is InChI=1S/C41H30N2/c1-41(2)37-15-8-13-29-32(37)21-20-30(34-14-9-23-42-40(34)41)31-19-17-26(24-35(29)31)27-18-22-39-36(25-27)33-12-6-7-16-38(33)43(39)28-10-4-3-5-11-28/h3-20,22-25H,21H2,1-2H3. The van der Waals surface area contributed by atoms with Gasteiger partial charge in [-0.1, -0.05) is 98.8 Å². The molecule has 43 heavy (non-hydrogen) atoms. The van der Waals surface area contributed by atoms with Crippen molar-refractivity contribution in [3.63, 3.8) is 0 Å². The van der Waals surface area contributed by atoms with Gasteiger partial charge in [-0.3, -0.25) is 4.98 Å². The first-order valence-electron chi connectivity index (χ1n) is 15.1. The third-order valence-corrected chi connectivity index (χ3v) is 9.67. The molecule has 0 atom stereocenters. The van der Waals surface area contributed by atoms with Crippen molar-refractivity contribution < 1.29 is 0 Å². The lowest BCUT2D eigenvalue weighted by molar-refractivity contribution is 0.608. The highest BCUT2D eigenvalue weighted by Crippen LogP contribution is 2.48. The molecule has 204 valence electrons. The van der Waals surface area contributed by atoms with E-state index in [9.17, 15) is 0 Å². The van der Waals surface area contributed by atoms with Crippen molar-refractivity contribution in [2.24, 2.45) is 0 Å². The minimum atomic E-state index is -0.190. The molecule has 0 radical (unpaired) electrons. The number of nitrogens with zero attached hydrogens (tertiary/aromatic N) is 2. The Balaban J connectivity index is 1.28. The molecule has 0 unspecified atom stereocenters. The van der Waals surface area contributed by atoms with Crippen molar-refractivity contribution in [1.29, 1.82) is 0 Å². The smallest absolute Gasteiger partial charge is 0.0582 e. The van der Waals surface area contributed by atoms with Gasteiger partial charge in [0.25, 0.3) is 0 Å². The van der Waals surface area contributed by atoms with Crippen LogP contribution in [0.2, 0.25) is 0 Å². The van der Waals surface area contributed by atoms with Crippen molar-refractivity contribution in [3.05, 3.63) is 162 Å². The van der Waals surface area contributed by atoms with E-state index in [2.05, 4.69) is 146 Å². The minimum absolute atomic E-state index is 0.190. The Morgan fingerprint density at radius 1 is 0.605 bits per heavy atom. The lowest BCUT2D eigenvalue weighted by atomic mass is 9.74. The highest BCUT2D eigenvalue weighted by Gasteiger charge is 2.35. The second kappa shape index (κ2) is 8.89. The number of allylic oxidation sites excluding steroid dienone is 1. The van der Waals surface area contributed by atoms with Crippen LogP contribution in [0.3, 0.4) is 0 Å². The van der Waals surface area contributed by atoms with Crippen LogP contribution in [0.4, 0.5) is 0 Å². The zero-order valence-electron chi connectivity index (χ0n) is 24.3. The van der Waals surface area contributed by atoms with E-state index in [1.165, 1.54) is 77.6 Å². The van der Waals surface area contributed by atoms with E-state index in [0.29, 0.717) is 0 Å². The van der Waals surface area contributed by atoms with Gasteiger partial charge >= 0.3 is 0 Å². The molecule has 0 aliphatic heterocycles. The number of para-hydroxylation sites is 2. The first kappa shape index (κ1) is 24.4. The first-order valence-corrected chi connectivity index (χ1v) is 15.1. The number of pyridine rings is 1. The Hall–Kier alpha value is -5.21. The molecule has 0 spiro atoms. The van der Waals surface area contributed by atoms with Crippen molar-refractivity contribution in [2.75, 3.05) is 0 Å². The fourth-order valence-electron chi connectivity index (χ4n) is 7.65. The number of hydrogen-bond donors (Lipinski definition) is 0. The molecule has 2 bridgehead atoms. The summed E-state index contributed by atoms with van der Waals surface area (Å²) >= 11 is 0. The molecule has 2 heterocycles. The molecule has 0 saturated heterocycles. The molecule has 2 aromatic heterocycles. The van der Waals surface area contributed by atoms with E-state index in [1.54, 1.807) is 0 Å². The third-order valence-electron chi connectivity index (χ3n) is 9.67. The molecule has 0 fully saturated rings. The summed E-state index contributed by atoms with van der Waals surface area (Å²) in [7, 11) is 0. The van der Waals surface area contributed by atoms with Crippen LogP contribution in [0.1, 0.15) is 41.8 Å². The molecule has 9 rings (SSSR count). The molecule has 2 heteroatoms. The Morgan fingerprint density at radius 3 is 2.28 bits per heavy atom. The van der Waals surface area contributed by atoms with E-state index >= 15 is 0 Å². The summed E-state index contributed by atoms with van der Waals surface area (Å²) < 4.78 is 2.38. The monoisotopic (exact) mass is 550 g/mol. The summed E-state index contributed by atoms with van der Waals surface area (Å²) in [5.74, 6) is 0. The molecule has 0 N–H and O–H groups in total. The van der Waals surface area contributed by atoms with Crippen molar-refractivity contribution in [3.8, 4) is 27.9 Å². The van der Waals surface area contributed by atoms with Gasteiger partial charge in [-0.2, -0.15) is 0 Å². The van der Waals surface area contributed by atoms with Crippen LogP contribution in [0, 0.1) is 0 Å². The van der Waals surface area contributed by atoms with Crippen LogP contribution in [-0.4, -0.2) is 9.55 Å². The van der Waals surface area contributed by atoms with Gasteiger partial charge in [-0.05, 0) is 93.4 Å². The van der Waals surface area contributed by atoms with Crippen molar-refractivity contribution in [2.45, 2.75) is 25.7 Å². The molecule has 0 amide bonds. The van der Waals surface area contributed by atoms with Crippen LogP contribution >= 0.6 is 0 Å². The van der Waals surface area contributed by atoms with Gasteiger partial charge in [0.05, 0.1) is 16.7 Å². The molecule has 0 saturated carbocycles. The van der Waals surface area contributed by atoms with Crippen molar-refractivity contribution in [1.82, 2.24) is 9.55 Å². The molecule has 7 aromatic rings. The second-order valence-electron chi connectivity index (χ2n) is 12.4. The quantitative estimate of drug-likeness (QED) is 0.209. The van der Waals surface area contributed by atoms with Gasteiger partial charge in [0.1, 0.15) is 0 Å². The zero-order chi connectivity index (χ0) is 28.7. The predicted molar refractivity (Wildman–Crippen MR) is 179 cm³/mol. The normalized spacial score (nSPS) is 14.5. The van der Waals surface area contributed by atoms with E-state index < -0.39 is 0 Å². The lowest BCUT2D eigenvalue weighted by Gasteiger charge is -2.31. The first-order chi connectivity index (χ1) is 21.1. The Bertz CT molecular complexity index is 2280. The largest absolute Gasteiger partial charge is 0.309 e. The maximum atomic E-state index is 4.97. The summed E-state index contributed by atoms with van der Waals surface area (Å²) in [5, 5.41) is 2.55. The van der Waals surface area contributed by atoms with Crippen LogP contribution < -0.4 is 0 Å². The maximum absolute atomic E-state index is 4.97. The van der Waals surface area contributed by atoms with Crippen molar-refractivity contribution >= 4 is 27.4 Å². The van der Waals surface area contributed by atoms with Gasteiger partial charge in [0.2, 0.25) is 0 Å². The SMILES string of the molecule is CC1(C)c2cccc3c2CC=C(c2ccc(-c4ccc5c(c4)c4ccccc4n5-c4ccccc4)cc2-3)c2cccnc21. The Labute approximate surface area is 251 Å². The molecule has 5 aromatic carbocycles. The van der Waals surface area contributed by atoms with Crippen LogP contribution in [0.5, 0.6) is 0 Å². The average molecular weight is 551 g/mol. The number of rotatable bonds is 2. The number of benzene rings is 5. The van der Waals surface area contributed by atoms with E-state index in [0.717, 1.165) is 12.1 Å². The molecule has 2 nitrogen and oxygen atoms in total. The van der Waals surface area contributed by atoms with Crippen LogP contribution in [-0.2, 0) is 11.8 Å². The molecule has 2 aliphatic rings. The number of fused-ring (bicyclic) bond motifs is 9. The van der Waals surface area contributed by atoms with E-state index in [4.69, 9.17) is 4.98 Å². The molecular formula is C41H30N2. The van der Waals surface area contributed by atoms with Gasteiger partial charge in [0, 0.05) is 33.6 Å². The topological polar surface area (TPSA) is 17.8 Å². The summed E-state index contributed by atoms with van der Waals surface area (Å²) in [4.78, 5) is 4.97. The van der Waals surface area contributed by atoms with E-state index in [-0.39, 0.29) is 5.41 Å². The Kier molecular flexibility index (Phi) is 5.05. The van der Waals surface area contributed by atoms with Gasteiger partial charge in [-0.25, -0.2) is 0 Å². The number of hydrogen-bond acceptors (Lipinski definition) is 1. The molecular weight excluding hydrogens is 520 g/mol. The highest BCUT2D eigenvalue weighted by atomic mass is 15.0. The fourth-order valence-corrected chi connectivity index (χ4v) is 7.65. The van der Waals surface area contributed by atoms with Gasteiger partial charge in [0.15, 0.2) is 0 Å². The second-order valence-corrected chi connectivity index (χ2v) is 12.4. The number of aromatic nitrogens is 2. The predicted octanol–water partition coefficient (Wildman–Crippen LogP) is 10.1. The lowest BCUT2D eigenvalue weighted by Crippen LogP contribution is -2.25. The summed E-state index contributed by atoms with van der Waals surface area (Å²) in [5.41, 5.74) is 16.3. The third kappa shape index (κ3) is 3.44. The van der Waals surface area contributed by atoms with Gasteiger partial charge in [-0.15, -0.1) is 0 Å². The average Bonchev–Trinajstić information content (AvgIpc) is 3.29. The van der Waals surface area contributed by atoms with Gasteiger partial charge < -0.3 is 4.57 Å². The van der Waals surface area contributed by atoms with Crippen LogP contribution in [0.25, 0.3) is 55.3 Å².